The maximum Gasteiger partial charge on any atom is 0.287 e. The van der Waals surface area contributed by atoms with Crippen molar-refractivity contribution >= 4 is 34.8 Å². The lowest BCUT2D eigenvalue weighted by Gasteiger charge is -2.06. The summed E-state index contributed by atoms with van der Waals surface area (Å²) in [5, 5.41) is 13.9. The highest BCUT2D eigenvalue weighted by molar-refractivity contribution is 6.33. The second-order valence-corrected chi connectivity index (χ2v) is 5.08. The predicted octanol–water partition coefficient (Wildman–Crippen LogP) is 3.83. The zero-order valence-electron chi connectivity index (χ0n) is 10.7. The number of benzene rings is 2. The number of amides is 1. The topological polar surface area (TPSA) is 72.2 Å². The van der Waals surface area contributed by atoms with Gasteiger partial charge in [0.25, 0.3) is 11.6 Å². The molecule has 0 spiro atoms. The van der Waals surface area contributed by atoms with Gasteiger partial charge in [-0.1, -0.05) is 35.3 Å². The van der Waals surface area contributed by atoms with Crippen LogP contribution in [0, 0.1) is 10.1 Å². The normalized spacial score (nSPS) is 10.2. The van der Waals surface area contributed by atoms with Crippen LogP contribution in [0.5, 0.6) is 0 Å². The number of rotatable bonds is 4. The van der Waals surface area contributed by atoms with E-state index in [0.29, 0.717) is 11.6 Å². The largest absolute Gasteiger partial charge is 0.348 e. The molecule has 0 unspecified atom stereocenters. The Kier molecular flexibility index (Phi) is 4.77. The minimum atomic E-state index is -0.601. The molecule has 108 valence electrons. The molecule has 0 aliphatic carbocycles. The summed E-state index contributed by atoms with van der Waals surface area (Å²) in [6, 6.07) is 10.9. The molecular formula is C14H10Cl2N2O3. The molecule has 2 rings (SSSR count). The third-order valence-corrected chi connectivity index (χ3v) is 3.29. The molecule has 1 N–H and O–H groups in total. The fourth-order valence-corrected chi connectivity index (χ4v) is 2.19. The Balaban J connectivity index is 2.07. The van der Waals surface area contributed by atoms with Gasteiger partial charge in [0.05, 0.1) is 4.92 Å². The lowest BCUT2D eigenvalue weighted by Crippen LogP contribution is -2.22. The van der Waals surface area contributed by atoms with Crippen molar-refractivity contribution in [3.8, 4) is 0 Å². The van der Waals surface area contributed by atoms with Crippen LogP contribution >= 0.6 is 23.2 Å². The average Bonchev–Trinajstić information content (AvgIpc) is 2.44. The molecule has 1 amide bonds. The Morgan fingerprint density at radius 3 is 2.57 bits per heavy atom. The van der Waals surface area contributed by atoms with Gasteiger partial charge in [-0.05, 0) is 29.8 Å². The zero-order valence-corrected chi connectivity index (χ0v) is 12.2. The van der Waals surface area contributed by atoms with E-state index in [1.165, 1.54) is 18.2 Å². The van der Waals surface area contributed by atoms with Crippen molar-refractivity contribution < 1.29 is 9.72 Å². The van der Waals surface area contributed by atoms with E-state index in [2.05, 4.69) is 5.32 Å². The summed E-state index contributed by atoms with van der Waals surface area (Å²) < 4.78 is 0. The van der Waals surface area contributed by atoms with E-state index < -0.39 is 4.92 Å². The van der Waals surface area contributed by atoms with Gasteiger partial charge in [-0.15, -0.1) is 0 Å². The van der Waals surface area contributed by atoms with Crippen LogP contribution in [0.1, 0.15) is 15.9 Å². The van der Waals surface area contributed by atoms with Crippen LogP contribution in [-0.4, -0.2) is 10.8 Å². The van der Waals surface area contributed by atoms with Crippen LogP contribution < -0.4 is 5.32 Å². The second-order valence-electron chi connectivity index (χ2n) is 4.24. The number of nitro groups is 1. The first kappa shape index (κ1) is 15.3. The Morgan fingerprint density at radius 2 is 1.95 bits per heavy atom. The van der Waals surface area contributed by atoms with Gasteiger partial charge in [-0.25, -0.2) is 0 Å². The maximum atomic E-state index is 12.0. The van der Waals surface area contributed by atoms with Gasteiger partial charge in [0.15, 0.2) is 0 Å². The Labute approximate surface area is 130 Å². The highest BCUT2D eigenvalue weighted by Gasteiger charge is 2.15. The SMILES string of the molecule is O=C(NCc1cccc(Cl)c1)c1ccc([N+](=O)[O-])c(Cl)c1. The van der Waals surface area contributed by atoms with Crippen molar-refractivity contribution in [3.05, 3.63) is 73.8 Å². The Bertz CT molecular complexity index is 704. The van der Waals surface area contributed by atoms with Crippen LogP contribution in [0.3, 0.4) is 0 Å². The number of carbonyl (C=O) groups excluding carboxylic acids is 1. The lowest BCUT2D eigenvalue weighted by molar-refractivity contribution is -0.384. The predicted molar refractivity (Wildman–Crippen MR) is 80.7 cm³/mol. The summed E-state index contributed by atoms with van der Waals surface area (Å²) in [7, 11) is 0. The molecular weight excluding hydrogens is 315 g/mol. The fraction of sp³-hybridized carbons (Fsp3) is 0.0714. The van der Waals surface area contributed by atoms with Gasteiger partial charge in [-0.2, -0.15) is 0 Å². The summed E-state index contributed by atoms with van der Waals surface area (Å²) in [5.74, 6) is -0.369. The monoisotopic (exact) mass is 324 g/mol. The van der Waals surface area contributed by atoms with Gasteiger partial charge in [0.1, 0.15) is 5.02 Å². The van der Waals surface area contributed by atoms with Crippen LogP contribution in [-0.2, 0) is 6.54 Å². The smallest absolute Gasteiger partial charge is 0.287 e. The molecule has 0 aliphatic rings. The molecule has 0 fully saturated rings. The quantitative estimate of drug-likeness (QED) is 0.686. The molecule has 0 aliphatic heterocycles. The first-order valence-electron chi connectivity index (χ1n) is 5.94. The summed E-state index contributed by atoms with van der Waals surface area (Å²) in [5.41, 5.74) is 0.875. The molecule has 21 heavy (non-hydrogen) atoms. The van der Waals surface area contributed by atoms with E-state index >= 15 is 0 Å². The number of nitrogens with one attached hydrogen (secondary N) is 1. The highest BCUT2D eigenvalue weighted by Crippen LogP contribution is 2.24. The first-order chi connectivity index (χ1) is 9.97. The van der Waals surface area contributed by atoms with Crippen LogP contribution in [0.15, 0.2) is 42.5 Å². The number of hydrogen-bond acceptors (Lipinski definition) is 3. The van der Waals surface area contributed by atoms with E-state index in [1.54, 1.807) is 18.2 Å². The van der Waals surface area contributed by atoms with Gasteiger partial charge in [0.2, 0.25) is 0 Å². The summed E-state index contributed by atoms with van der Waals surface area (Å²) in [6.07, 6.45) is 0. The van der Waals surface area contributed by atoms with Gasteiger partial charge in [-0.3, -0.25) is 14.9 Å². The van der Waals surface area contributed by atoms with Gasteiger partial charge in [0, 0.05) is 23.2 Å². The van der Waals surface area contributed by atoms with Crippen molar-refractivity contribution in [1.82, 2.24) is 5.32 Å². The zero-order chi connectivity index (χ0) is 15.4. The van der Waals surface area contributed by atoms with E-state index in [1.807, 2.05) is 6.07 Å². The van der Waals surface area contributed by atoms with Crippen LogP contribution in [0.2, 0.25) is 10.0 Å². The number of nitro benzene ring substituents is 1. The van der Waals surface area contributed by atoms with Crippen molar-refractivity contribution in [3.63, 3.8) is 0 Å². The maximum absolute atomic E-state index is 12.0. The van der Waals surface area contributed by atoms with E-state index in [9.17, 15) is 14.9 Å². The summed E-state index contributed by atoms with van der Waals surface area (Å²) in [6.45, 7) is 0.300. The molecule has 5 nitrogen and oxygen atoms in total. The third-order valence-electron chi connectivity index (χ3n) is 2.75. The third kappa shape index (κ3) is 3.93. The van der Waals surface area contributed by atoms with E-state index in [0.717, 1.165) is 5.56 Å². The number of carbonyl (C=O) groups is 1. The Hall–Kier alpha value is -2.11. The minimum Gasteiger partial charge on any atom is -0.348 e. The van der Waals surface area contributed by atoms with E-state index in [-0.39, 0.29) is 22.2 Å². The lowest BCUT2D eigenvalue weighted by atomic mass is 10.1. The van der Waals surface area contributed by atoms with Crippen LogP contribution in [0.25, 0.3) is 0 Å². The summed E-state index contributed by atoms with van der Waals surface area (Å²) in [4.78, 5) is 22.0. The van der Waals surface area contributed by atoms with E-state index in [4.69, 9.17) is 23.2 Å². The highest BCUT2D eigenvalue weighted by atomic mass is 35.5. The van der Waals surface area contributed by atoms with Crippen molar-refractivity contribution in [2.75, 3.05) is 0 Å². The van der Waals surface area contributed by atoms with Crippen LogP contribution in [0.4, 0.5) is 5.69 Å². The van der Waals surface area contributed by atoms with Crippen molar-refractivity contribution in [2.45, 2.75) is 6.54 Å². The van der Waals surface area contributed by atoms with Gasteiger partial charge >= 0.3 is 0 Å². The average molecular weight is 325 g/mol. The molecule has 0 bridgehead atoms. The summed E-state index contributed by atoms with van der Waals surface area (Å²) >= 11 is 11.6. The van der Waals surface area contributed by atoms with Crippen molar-refractivity contribution in [2.24, 2.45) is 0 Å². The molecule has 7 heteroatoms. The molecule has 0 aromatic heterocycles. The molecule has 0 saturated carbocycles. The Morgan fingerprint density at radius 1 is 1.19 bits per heavy atom. The molecule has 0 atom stereocenters. The second kappa shape index (κ2) is 6.56. The fourth-order valence-electron chi connectivity index (χ4n) is 1.73. The minimum absolute atomic E-state index is 0.0737. The number of halogens is 2. The molecule has 0 radical (unpaired) electrons. The molecule has 0 saturated heterocycles. The van der Waals surface area contributed by atoms with Gasteiger partial charge < -0.3 is 5.32 Å². The molecule has 0 heterocycles. The number of hydrogen-bond donors (Lipinski definition) is 1. The molecule has 2 aromatic rings. The van der Waals surface area contributed by atoms with Crippen molar-refractivity contribution in [1.29, 1.82) is 0 Å². The number of nitrogens with zero attached hydrogens (tertiary/aromatic N) is 1. The first-order valence-corrected chi connectivity index (χ1v) is 6.69. The standard InChI is InChI=1S/C14H10Cl2N2O3/c15-11-3-1-2-9(6-11)8-17-14(19)10-4-5-13(18(20)21)12(16)7-10/h1-7H,8H2,(H,17,19). The molecule has 2 aromatic carbocycles.